The lowest BCUT2D eigenvalue weighted by molar-refractivity contribution is 0.589. The average Bonchev–Trinajstić information content (AvgIpc) is 3.62. The van der Waals surface area contributed by atoms with E-state index in [-0.39, 0.29) is 10.8 Å². The second kappa shape index (κ2) is 9.34. The molecular weight excluding hydrogens is 484 g/mol. The summed E-state index contributed by atoms with van der Waals surface area (Å²) < 4.78 is 12.1. The number of hydrogen-bond donors (Lipinski definition) is 0. The van der Waals surface area contributed by atoms with Crippen LogP contribution < -0.4 is 0 Å². The van der Waals surface area contributed by atoms with E-state index in [1.54, 1.807) is 22.7 Å². The smallest absolute Gasteiger partial charge is 0.237 e. The minimum absolute atomic E-state index is 0.0726. The summed E-state index contributed by atoms with van der Waals surface area (Å²) in [7, 11) is 0. The molecule has 4 aromatic heterocycles. The van der Waals surface area contributed by atoms with Crippen molar-refractivity contribution in [2.24, 2.45) is 0 Å². The van der Waals surface area contributed by atoms with Crippen molar-refractivity contribution in [3.05, 3.63) is 82.6 Å². The molecule has 0 fully saturated rings. The van der Waals surface area contributed by atoms with Crippen LogP contribution in [0.3, 0.4) is 0 Å². The molecule has 4 nitrogen and oxygen atoms in total. The Morgan fingerprint density at radius 3 is 1.42 bits per heavy atom. The number of benzene rings is 2. The maximum atomic E-state index is 6.03. The zero-order chi connectivity index (χ0) is 25.5. The normalized spacial score (nSPS) is 12.2. The highest BCUT2D eigenvalue weighted by Gasteiger charge is 2.19. The van der Waals surface area contributed by atoms with Gasteiger partial charge in [0.05, 0.1) is 9.75 Å². The predicted molar refractivity (Wildman–Crippen MR) is 152 cm³/mol. The molecule has 0 radical (unpaired) electrons. The van der Waals surface area contributed by atoms with E-state index in [1.807, 2.05) is 47.2 Å². The molecule has 0 aliphatic heterocycles. The molecule has 0 atom stereocenters. The Morgan fingerprint density at radius 1 is 0.611 bits per heavy atom. The molecule has 0 saturated heterocycles. The molecule has 0 spiro atoms. The third-order valence-electron chi connectivity index (χ3n) is 5.96. The van der Waals surface area contributed by atoms with Crippen molar-refractivity contribution in [3.8, 4) is 21.5 Å². The van der Waals surface area contributed by atoms with Crippen LogP contribution in [0.25, 0.3) is 43.7 Å². The molecule has 0 aliphatic carbocycles. The molecule has 2 aromatic carbocycles. The van der Waals surface area contributed by atoms with Crippen LogP contribution in [0.2, 0.25) is 0 Å². The van der Waals surface area contributed by atoms with Crippen LogP contribution in [-0.2, 0) is 10.8 Å². The predicted octanol–water partition coefficient (Wildman–Crippen LogP) is 9.71. The summed E-state index contributed by atoms with van der Waals surface area (Å²) in [5.74, 6) is 1.26. The van der Waals surface area contributed by atoms with Gasteiger partial charge in [-0.15, -0.1) is 11.3 Å². The lowest BCUT2D eigenvalue weighted by atomic mass is 9.87. The van der Waals surface area contributed by atoms with Crippen molar-refractivity contribution in [2.75, 3.05) is 0 Å². The monoisotopic (exact) mass is 514 g/mol. The molecule has 6 heteroatoms. The third kappa shape index (κ3) is 5.15. The van der Waals surface area contributed by atoms with Crippen molar-refractivity contribution >= 4 is 44.9 Å². The highest BCUT2D eigenvalue weighted by atomic mass is 32.1. The van der Waals surface area contributed by atoms with Crippen LogP contribution in [0.4, 0.5) is 0 Å². The van der Waals surface area contributed by atoms with Crippen molar-refractivity contribution in [1.29, 1.82) is 0 Å². The summed E-state index contributed by atoms with van der Waals surface area (Å²) in [4.78, 5) is 11.4. The Bertz CT molecular complexity index is 1480. The highest BCUT2D eigenvalue weighted by molar-refractivity contribution is 7.18. The molecule has 0 bridgehead atoms. The molecule has 0 amide bonds. The van der Waals surface area contributed by atoms with Gasteiger partial charge in [-0.05, 0) is 69.1 Å². The summed E-state index contributed by atoms with van der Waals surface area (Å²) in [6.07, 6.45) is 0. The van der Waals surface area contributed by atoms with Crippen LogP contribution in [0, 0.1) is 0 Å². The zero-order valence-electron chi connectivity index (χ0n) is 21.5. The van der Waals surface area contributed by atoms with Gasteiger partial charge in [0.15, 0.2) is 11.2 Å². The van der Waals surface area contributed by atoms with Gasteiger partial charge in [-0.25, -0.2) is 9.97 Å². The fraction of sp³-hybridized carbons (Fsp3) is 0.267. The SMILES string of the molecule is CC(C)(C)c1ccc2oc(-c3ccc(-c4nc5cc(C(C)(C)C)ccc5o4)s3)nc2c1.c1ccsc1. The Labute approximate surface area is 219 Å². The number of aromatic nitrogens is 2. The summed E-state index contributed by atoms with van der Waals surface area (Å²) in [5, 5.41) is 4.08. The summed E-state index contributed by atoms with van der Waals surface area (Å²) in [6, 6.07) is 20.5. The van der Waals surface area contributed by atoms with Crippen molar-refractivity contribution in [1.82, 2.24) is 9.97 Å². The number of rotatable bonds is 2. The van der Waals surface area contributed by atoms with E-state index in [9.17, 15) is 0 Å². The first-order valence-corrected chi connectivity index (χ1v) is 13.7. The topological polar surface area (TPSA) is 52.1 Å². The quantitative estimate of drug-likeness (QED) is 0.231. The number of fused-ring (bicyclic) bond motifs is 2. The largest absolute Gasteiger partial charge is 0.435 e. The molecular formula is C30H30N2O2S2. The van der Waals surface area contributed by atoms with E-state index < -0.39 is 0 Å². The van der Waals surface area contributed by atoms with Crippen molar-refractivity contribution < 1.29 is 8.83 Å². The Kier molecular flexibility index (Phi) is 6.35. The first-order valence-electron chi connectivity index (χ1n) is 12.0. The molecule has 0 unspecified atom stereocenters. The van der Waals surface area contributed by atoms with Crippen LogP contribution >= 0.6 is 22.7 Å². The maximum absolute atomic E-state index is 6.03. The fourth-order valence-electron chi connectivity index (χ4n) is 3.79. The van der Waals surface area contributed by atoms with Crippen LogP contribution in [0.15, 0.2) is 80.3 Å². The number of thiophene rings is 2. The van der Waals surface area contributed by atoms with Gasteiger partial charge in [-0.2, -0.15) is 11.3 Å². The van der Waals surface area contributed by atoms with E-state index >= 15 is 0 Å². The molecule has 4 heterocycles. The molecule has 6 rings (SSSR count). The van der Waals surface area contributed by atoms with Crippen molar-refractivity contribution in [3.63, 3.8) is 0 Å². The van der Waals surface area contributed by atoms with Gasteiger partial charge in [0.25, 0.3) is 0 Å². The van der Waals surface area contributed by atoms with E-state index in [4.69, 9.17) is 18.8 Å². The van der Waals surface area contributed by atoms with Crippen LogP contribution in [0.5, 0.6) is 0 Å². The van der Waals surface area contributed by atoms with Gasteiger partial charge >= 0.3 is 0 Å². The minimum Gasteiger partial charge on any atom is -0.435 e. The van der Waals surface area contributed by atoms with Crippen LogP contribution in [0.1, 0.15) is 52.7 Å². The fourth-order valence-corrected chi connectivity index (χ4v) is 5.11. The second-order valence-electron chi connectivity index (χ2n) is 10.9. The third-order valence-corrected chi connectivity index (χ3v) is 7.65. The Morgan fingerprint density at radius 2 is 1.06 bits per heavy atom. The molecule has 184 valence electrons. The van der Waals surface area contributed by atoms with E-state index in [0.29, 0.717) is 11.8 Å². The summed E-state index contributed by atoms with van der Waals surface area (Å²) in [6.45, 7) is 13.2. The van der Waals surface area contributed by atoms with E-state index in [0.717, 1.165) is 32.0 Å². The summed E-state index contributed by atoms with van der Waals surface area (Å²) >= 11 is 3.29. The number of oxazole rings is 2. The van der Waals surface area contributed by atoms with Gasteiger partial charge < -0.3 is 8.83 Å². The first-order chi connectivity index (χ1) is 17.1. The van der Waals surface area contributed by atoms with Gasteiger partial charge in [0.1, 0.15) is 11.0 Å². The minimum atomic E-state index is 0.0726. The van der Waals surface area contributed by atoms with Gasteiger partial charge in [-0.1, -0.05) is 65.8 Å². The maximum Gasteiger partial charge on any atom is 0.237 e. The number of hydrogen-bond acceptors (Lipinski definition) is 6. The first kappa shape index (κ1) is 24.5. The van der Waals surface area contributed by atoms with Gasteiger partial charge in [0, 0.05) is 0 Å². The molecule has 0 N–H and O–H groups in total. The molecule has 0 saturated carbocycles. The lowest BCUT2D eigenvalue weighted by Crippen LogP contribution is -2.10. The lowest BCUT2D eigenvalue weighted by Gasteiger charge is -2.18. The second-order valence-corrected chi connectivity index (χ2v) is 12.8. The van der Waals surface area contributed by atoms with Gasteiger partial charge in [0.2, 0.25) is 11.8 Å². The van der Waals surface area contributed by atoms with Gasteiger partial charge in [-0.3, -0.25) is 0 Å². The standard InChI is InChI=1S/C26H26N2O2S.C4H4S/c1-25(2,3)15-7-9-19-17(13-15)27-23(29-19)21-11-12-22(31-21)24-28-18-14-16(26(4,5)6)8-10-20(18)30-24;1-2-4-5-3-1/h7-14H,1-6H3;1-4H. The summed E-state index contributed by atoms with van der Waals surface area (Å²) in [5.41, 5.74) is 6.00. The number of nitrogens with zero attached hydrogens (tertiary/aromatic N) is 2. The Balaban J connectivity index is 0.000000477. The molecule has 36 heavy (non-hydrogen) atoms. The average molecular weight is 515 g/mol. The zero-order valence-corrected chi connectivity index (χ0v) is 23.1. The Hall–Kier alpha value is -3.22. The highest BCUT2D eigenvalue weighted by Crippen LogP contribution is 2.37. The van der Waals surface area contributed by atoms with E-state index in [1.165, 1.54) is 11.1 Å². The molecule has 6 aromatic rings. The van der Waals surface area contributed by atoms with E-state index in [2.05, 4.69) is 65.8 Å². The molecule has 0 aliphatic rings. The van der Waals surface area contributed by atoms with Crippen LogP contribution in [-0.4, -0.2) is 9.97 Å². The van der Waals surface area contributed by atoms with Crippen molar-refractivity contribution in [2.45, 2.75) is 52.4 Å².